The van der Waals surface area contributed by atoms with Crippen LogP contribution >= 0.6 is 11.6 Å². The van der Waals surface area contributed by atoms with Gasteiger partial charge in [0.25, 0.3) is 5.91 Å². The van der Waals surface area contributed by atoms with Gasteiger partial charge in [0.2, 0.25) is 0 Å². The molecule has 0 radical (unpaired) electrons. The third-order valence-corrected chi connectivity index (χ3v) is 13.8. The number of nitrogens with zero attached hydrogens (tertiary/aromatic N) is 1. The minimum atomic E-state index is -3.00. The lowest BCUT2D eigenvalue weighted by Gasteiger charge is -2.46. The number of benzene rings is 2. The zero-order valence-corrected chi connectivity index (χ0v) is 30.1. The van der Waals surface area contributed by atoms with Gasteiger partial charge >= 0.3 is 5.97 Å². The van der Waals surface area contributed by atoms with E-state index in [1.54, 1.807) is 13.0 Å². The number of aryl methyl sites for hydroxylation is 1. The molecule has 2 aliphatic heterocycles. The maximum Gasteiger partial charge on any atom is 0.332 e. The summed E-state index contributed by atoms with van der Waals surface area (Å²) in [5, 5.41) is 0.341. The highest BCUT2D eigenvalue weighted by atomic mass is 35.5. The summed E-state index contributed by atoms with van der Waals surface area (Å²) in [7, 11) is -3.00. The van der Waals surface area contributed by atoms with Gasteiger partial charge in [-0.05, 0) is 117 Å². The van der Waals surface area contributed by atoms with Crippen molar-refractivity contribution < 1.29 is 28.0 Å². The van der Waals surface area contributed by atoms with Crippen LogP contribution in [0.1, 0.15) is 74.9 Å². The van der Waals surface area contributed by atoms with Gasteiger partial charge in [-0.3, -0.25) is 9.52 Å². The van der Waals surface area contributed by atoms with Gasteiger partial charge in [0, 0.05) is 34.3 Å². The molecule has 8 atom stereocenters. The largest absolute Gasteiger partial charge is 0.490 e. The molecular formula is C38H49ClN2O6S. The molecule has 260 valence electrons. The van der Waals surface area contributed by atoms with E-state index in [9.17, 15) is 13.8 Å². The molecule has 48 heavy (non-hydrogen) atoms. The number of nitrogens with one attached hydrogen (secondary N) is 1. The van der Waals surface area contributed by atoms with Crippen LogP contribution in [0.4, 0.5) is 5.69 Å². The molecule has 1 N–H and O–H groups in total. The number of ether oxygens (including phenoxy) is 3. The zero-order chi connectivity index (χ0) is 34.2. The average molecular weight is 697 g/mol. The van der Waals surface area contributed by atoms with Crippen LogP contribution in [-0.2, 0) is 35.8 Å². The second-order valence-corrected chi connectivity index (χ2v) is 17.2. The summed E-state index contributed by atoms with van der Waals surface area (Å²) in [6.07, 6.45) is 8.88. The molecular weight excluding hydrogens is 648 g/mol. The quantitative estimate of drug-likeness (QED) is 0.225. The number of halogens is 1. The molecule has 4 aliphatic rings. The van der Waals surface area contributed by atoms with Crippen molar-refractivity contribution in [3.05, 3.63) is 70.3 Å². The summed E-state index contributed by atoms with van der Waals surface area (Å²) in [5.41, 5.74) is 3.55. The van der Waals surface area contributed by atoms with Crippen molar-refractivity contribution >= 4 is 44.7 Å². The van der Waals surface area contributed by atoms with Crippen molar-refractivity contribution in [1.82, 2.24) is 4.72 Å². The fourth-order valence-corrected chi connectivity index (χ4v) is 9.78. The van der Waals surface area contributed by atoms with Crippen molar-refractivity contribution in [2.45, 2.75) is 76.6 Å². The summed E-state index contributed by atoms with van der Waals surface area (Å²) in [6.45, 7) is 9.93. The number of rotatable bonds is 4. The molecule has 1 amide bonds. The summed E-state index contributed by atoms with van der Waals surface area (Å²) in [4.78, 5) is 28.5. The molecule has 0 saturated heterocycles. The van der Waals surface area contributed by atoms with Crippen LogP contribution in [0.25, 0.3) is 0 Å². The average Bonchev–Trinajstić information content (AvgIpc) is 3.19. The molecule has 10 heteroatoms. The number of hydrogen-bond acceptors (Lipinski definition) is 7. The maximum absolute atomic E-state index is 13.9. The van der Waals surface area contributed by atoms with Crippen LogP contribution in [0, 0.1) is 23.7 Å². The summed E-state index contributed by atoms with van der Waals surface area (Å²) in [5.74, 6) is 4.40. The van der Waals surface area contributed by atoms with Gasteiger partial charge in [-0.1, -0.05) is 43.7 Å². The standard InChI is InChI=1S/C38H49ClN2O6S/c1-6-45-36(42)21-46-34-15-9-24(2)25(3)26(4)48(5,44)40-37(43)28-11-16-35-33(19-28)41(20-29-10-13-31(29)34)22-38(23-47-35)17-7-8-27-18-30(39)12-14-32(27)38/h9,11-12,14-16,18-19,24-26,29,31,34H,5-8,10,13,17,20-23H2,1-4H3,(H,40,43,44)/b15-9+/t24-,25-,26+,29-,31+,34-,38-,48?/m0/s1. The molecule has 2 heterocycles. The summed E-state index contributed by atoms with van der Waals surface area (Å²) >= 11 is 6.45. The van der Waals surface area contributed by atoms with Crippen molar-refractivity contribution in [2.24, 2.45) is 23.7 Å². The molecule has 8 nitrogen and oxygen atoms in total. The number of allylic oxidation sites excluding steroid dienone is 1. The Labute approximate surface area is 290 Å². The third kappa shape index (κ3) is 7.01. The molecule has 1 saturated carbocycles. The number of esters is 1. The van der Waals surface area contributed by atoms with Gasteiger partial charge in [-0.15, -0.1) is 0 Å². The van der Waals surface area contributed by atoms with Crippen LogP contribution in [0.3, 0.4) is 0 Å². The van der Waals surface area contributed by atoms with E-state index in [0.717, 1.165) is 55.1 Å². The Morgan fingerprint density at radius 2 is 1.98 bits per heavy atom. The molecule has 1 unspecified atom stereocenters. The van der Waals surface area contributed by atoms with Gasteiger partial charge in [0.15, 0.2) is 0 Å². The maximum atomic E-state index is 13.9. The normalized spacial score (nSPS) is 34.0. The monoisotopic (exact) mass is 696 g/mol. The van der Waals surface area contributed by atoms with E-state index in [-0.39, 0.29) is 47.8 Å². The minimum absolute atomic E-state index is 0.0213. The Morgan fingerprint density at radius 1 is 1.17 bits per heavy atom. The van der Waals surface area contributed by atoms with Crippen molar-refractivity contribution in [2.75, 3.05) is 37.8 Å². The molecule has 1 spiro atoms. The number of anilines is 1. The van der Waals surface area contributed by atoms with E-state index in [2.05, 4.69) is 46.7 Å². The Bertz CT molecular complexity index is 1680. The Balaban J connectivity index is 1.41. The Kier molecular flexibility index (Phi) is 10.2. The highest BCUT2D eigenvalue weighted by Crippen LogP contribution is 2.47. The Morgan fingerprint density at radius 3 is 2.73 bits per heavy atom. The molecule has 1 fully saturated rings. The number of fused-ring (bicyclic) bond motifs is 4. The predicted octanol–water partition coefficient (Wildman–Crippen LogP) is 6.38. The van der Waals surface area contributed by atoms with Crippen LogP contribution in [-0.4, -0.2) is 66.2 Å². The lowest BCUT2D eigenvalue weighted by Crippen LogP contribution is -2.50. The van der Waals surface area contributed by atoms with Crippen LogP contribution < -0.4 is 14.4 Å². The van der Waals surface area contributed by atoms with Gasteiger partial charge < -0.3 is 19.1 Å². The Hall–Kier alpha value is -3.01. The lowest BCUT2D eigenvalue weighted by atomic mass is 9.68. The van der Waals surface area contributed by atoms with Gasteiger partial charge in [-0.25, -0.2) is 9.00 Å². The van der Waals surface area contributed by atoms with E-state index >= 15 is 0 Å². The molecule has 6 rings (SSSR count). The zero-order valence-electron chi connectivity index (χ0n) is 28.5. The van der Waals surface area contributed by atoms with Crippen LogP contribution in [0.2, 0.25) is 5.02 Å². The highest BCUT2D eigenvalue weighted by molar-refractivity contribution is 7.99. The first-order valence-electron chi connectivity index (χ1n) is 17.3. The topological polar surface area (TPSA) is 94.2 Å². The van der Waals surface area contributed by atoms with Crippen LogP contribution in [0.15, 0.2) is 48.6 Å². The number of carbonyl (C=O) groups is 2. The van der Waals surface area contributed by atoms with Crippen molar-refractivity contribution in [1.29, 1.82) is 0 Å². The fourth-order valence-electron chi connectivity index (χ4n) is 8.02. The third-order valence-electron chi connectivity index (χ3n) is 11.4. The first-order chi connectivity index (χ1) is 22.9. The second-order valence-electron chi connectivity index (χ2n) is 14.3. The smallest absolute Gasteiger partial charge is 0.332 e. The van der Waals surface area contributed by atoms with Gasteiger partial charge in [0.1, 0.15) is 12.4 Å². The minimum Gasteiger partial charge on any atom is -0.490 e. The van der Waals surface area contributed by atoms with Crippen LogP contribution in [0.5, 0.6) is 5.75 Å². The summed E-state index contributed by atoms with van der Waals surface area (Å²) in [6, 6.07) is 11.7. The number of amides is 1. The van der Waals surface area contributed by atoms with E-state index in [4.69, 9.17) is 25.8 Å². The molecule has 0 aromatic heterocycles. The second kappa shape index (κ2) is 14.1. The number of carbonyl (C=O) groups excluding carboxylic acids is 2. The fraction of sp³-hybridized carbons (Fsp3) is 0.553. The molecule has 2 aliphatic carbocycles. The van der Waals surface area contributed by atoms with E-state index in [1.165, 1.54) is 11.1 Å². The molecule has 2 aromatic rings. The van der Waals surface area contributed by atoms with E-state index < -0.39 is 20.9 Å². The predicted molar refractivity (Wildman–Crippen MR) is 192 cm³/mol. The van der Waals surface area contributed by atoms with E-state index in [0.29, 0.717) is 25.3 Å². The first-order valence-corrected chi connectivity index (χ1v) is 19.5. The SMILES string of the molecule is C=S1(=O)NC(=O)c2ccc3c(c2)N(C[C@@H]2CC[C@H]2[C@@H](OCC(=O)OCC)/C=C/[C@H](C)[C@H](C)[C@H]1C)C[C@@]1(CCCc2cc(Cl)ccc21)CO3. The first kappa shape index (κ1) is 34.8. The number of hydrogen-bond donors (Lipinski definition) is 1. The molecule has 2 bridgehead atoms. The van der Waals surface area contributed by atoms with Crippen molar-refractivity contribution in [3.8, 4) is 5.75 Å². The highest BCUT2D eigenvalue weighted by Gasteiger charge is 2.45. The summed E-state index contributed by atoms with van der Waals surface area (Å²) < 4.78 is 34.9. The lowest BCUT2D eigenvalue weighted by molar-refractivity contribution is -0.151. The van der Waals surface area contributed by atoms with E-state index in [1.807, 2.05) is 32.0 Å². The molecule has 2 aromatic carbocycles. The van der Waals surface area contributed by atoms with Gasteiger partial charge in [0.05, 0.1) is 34.7 Å². The van der Waals surface area contributed by atoms with Gasteiger partial charge in [-0.2, -0.15) is 0 Å². The van der Waals surface area contributed by atoms with Crippen molar-refractivity contribution in [3.63, 3.8) is 0 Å².